The first kappa shape index (κ1) is 13.2. The number of carbonyl (C=O) groups is 1. The molecule has 0 aromatic heterocycles. The van der Waals surface area contributed by atoms with Crippen LogP contribution in [0.2, 0.25) is 0 Å². The molecule has 1 aromatic rings. The van der Waals surface area contributed by atoms with Crippen molar-refractivity contribution < 1.29 is 14.3 Å². The summed E-state index contributed by atoms with van der Waals surface area (Å²) in [6, 6.07) is 3.87. The molecule has 1 aliphatic carbocycles. The molecule has 1 aliphatic rings. The van der Waals surface area contributed by atoms with Gasteiger partial charge in [-0.05, 0) is 40.5 Å². The lowest BCUT2D eigenvalue weighted by molar-refractivity contribution is 0.0940. The van der Waals surface area contributed by atoms with E-state index in [1.165, 1.54) is 18.2 Å². The molecule has 2 rings (SSSR count). The molecule has 0 fully saturated rings. The average molecular weight is 314 g/mol. The fourth-order valence-corrected chi connectivity index (χ4v) is 2.47. The van der Waals surface area contributed by atoms with Crippen molar-refractivity contribution in [3.63, 3.8) is 0 Å². The van der Waals surface area contributed by atoms with Crippen molar-refractivity contribution in [1.82, 2.24) is 5.32 Å². The lowest BCUT2D eigenvalue weighted by Gasteiger charge is -2.13. The standard InChI is InChI=1S/C13H13BrFNO2/c14-12-6-9(15)2-4-11(12)13(18)16-10-3-1-8(5-10)7-17/h1-4,6,8,10,17H,5,7H2,(H,16,18)/t8-,10+/m0/s1. The van der Waals surface area contributed by atoms with Crippen molar-refractivity contribution in [3.05, 3.63) is 46.2 Å². The first-order valence-corrected chi connectivity index (χ1v) is 6.44. The van der Waals surface area contributed by atoms with Crippen molar-refractivity contribution >= 4 is 21.8 Å². The van der Waals surface area contributed by atoms with Crippen LogP contribution >= 0.6 is 15.9 Å². The zero-order chi connectivity index (χ0) is 13.1. The van der Waals surface area contributed by atoms with Gasteiger partial charge in [0.25, 0.3) is 5.91 Å². The highest BCUT2D eigenvalue weighted by Gasteiger charge is 2.21. The first-order valence-electron chi connectivity index (χ1n) is 5.65. The summed E-state index contributed by atoms with van der Waals surface area (Å²) < 4.78 is 13.3. The number of benzene rings is 1. The molecule has 5 heteroatoms. The average Bonchev–Trinajstić information content (AvgIpc) is 2.76. The summed E-state index contributed by atoms with van der Waals surface area (Å²) >= 11 is 3.16. The van der Waals surface area contributed by atoms with Gasteiger partial charge in [0, 0.05) is 23.0 Å². The third kappa shape index (κ3) is 2.97. The van der Waals surface area contributed by atoms with Crippen LogP contribution in [0.4, 0.5) is 4.39 Å². The van der Waals surface area contributed by atoms with Crippen LogP contribution in [-0.4, -0.2) is 23.7 Å². The molecule has 1 aromatic carbocycles. The van der Waals surface area contributed by atoms with Gasteiger partial charge in [-0.25, -0.2) is 4.39 Å². The van der Waals surface area contributed by atoms with Crippen LogP contribution < -0.4 is 5.32 Å². The molecule has 0 spiro atoms. The molecule has 96 valence electrons. The lowest BCUT2D eigenvalue weighted by atomic mass is 10.1. The molecule has 1 amide bonds. The maximum atomic E-state index is 12.9. The van der Waals surface area contributed by atoms with Crippen molar-refractivity contribution in [1.29, 1.82) is 0 Å². The minimum absolute atomic E-state index is 0.0772. The highest BCUT2D eigenvalue weighted by molar-refractivity contribution is 9.10. The first-order chi connectivity index (χ1) is 8.60. The van der Waals surface area contributed by atoms with Gasteiger partial charge in [-0.3, -0.25) is 4.79 Å². The minimum atomic E-state index is -0.389. The number of rotatable bonds is 3. The molecule has 0 radical (unpaired) electrons. The van der Waals surface area contributed by atoms with E-state index in [-0.39, 0.29) is 30.3 Å². The van der Waals surface area contributed by atoms with Gasteiger partial charge in [0.15, 0.2) is 0 Å². The lowest BCUT2D eigenvalue weighted by Crippen LogP contribution is -2.33. The molecule has 2 N–H and O–H groups in total. The van der Waals surface area contributed by atoms with Gasteiger partial charge in [-0.2, -0.15) is 0 Å². The Balaban J connectivity index is 2.02. The predicted octanol–water partition coefficient (Wildman–Crippen LogP) is 2.25. The summed E-state index contributed by atoms with van der Waals surface area (Å²) in [5.41, 5.74) is 0.400. The van der Waals surface area contributed by atoms with Gasteiger partial charge in [-0.15, -0.1) is 0 Å². The Morgan fingerprint density at radius 2 is 2.28 bits per heavy atom. The molecule has 0 saturated heterocycles. The molecule has 18 heavy (non-hydrogen) atoms. The van der Waals surface area contributed by atoms with Crippen LogP contribution in [0.3, 0.4) is 0 Å². The van der Waals surface area contributed by atoms with Crippen molar-refractivity contribution in [3.8, 4) is 0 Å². The van der Waals surface area contributed by atoms with Crippen molar-refractivity contribution in [2.75, 3.05) is 6.61 Å². The Labute approximate surface area is 113 Å². The summed E-state index contributed by atoms with van der Waals surface area (Å²) in [7, 11) is 0. The van der Waals surface area contributed by atoms with E-state index >= 15 is 0 Å². The third-order valence-corrected chi connectivity index (χ3v) is 3.56. The zero-order valence-corrected chi connectivity index (χ0v) is 11.2. The van der Waals surface area contributed by atoms with Gasteiger partial charge < -0.3 is 10.4 Å². The number of aliphatic hydroxyl groups is 1. The smallest absolute Gasteiger partial charge is 0.252 e. The second kappa shape index (κ2) is 5.63. The van der Waals surface area contributed by atoms with Crippen LogP contribution in [0.1, 0.15) is 16.8 Å². The number of hydrogen-bond acceptors (Lipinski definition) is 2. The van der Waals surface area contributed by atoms with Crippen LogP contribution in [0.25, 0.3) is 0 Å². The number of amides is 1. The summed E-state index contributed by atoms with van der Waals surface area (Å²) in [6.45, 7) is 0.0864. The molecule has 2 atom stereocenters. The number of aliphatic hydroxyl groups excluding tert-OH is 1. The molecule has 0 bridgehead atoms. The maximum Gasteiger partial charge on any atom is 0.252 e. The number of halogens is 2. The summed E-state index contributed by atoms with van der Waals surface area (Å²) in [5.74, 6) is -0.540. The molecule has 0 aliphatic heterocycles. The Bertz CT molecular complexity index is 490. The Morgan fingerprint density at radius 3 is 2.89 bits per heavy atom. The van der Waals surface area contributed by atoms with Gasteiger partial charge in [-0.1, -0.05) is 12.2 Å². The van der Waals surface area contributed by atoms with Gasteiger partial charge in [0.1, 0.15) is 5.82 Å². The highest BCUT2D eigenvalue weighted by atomic mass is 79.9. The van der Waals surface area contributed by atoms with E-state index in [9.17, 15) is 9.18 Å². The predicted molar refractivity (Wildman–Crippen MR) is 69.7 cm³/mol. The van der Waals surface area contributed by atoms with E-state index in [0.29, 0.717) is 16.5 Å². The van der Waals surface area contributed by atoms with E-state index < -0.39 is 0 Å². The quantitative estimate of drug-likeness (QED) is 0.841. The van der Waals surface area contributed by atoms with Crippen molar-refractivity contribution in [2.45, 2.75) is 12.5 Å². The Hall–Kier alpha value is -1.20. The number of nitrogens with one attached hydrogen (secondary N) is 1. The molecule has 0 heterocycles. The van der Waals surface area contributed by atoms with E-state index in [4.69, 9.17) is 5.11 Å². The van der Waals surface area contributed by atoms with Crippen molar-refractivity contribution in [2.24, 2.45) is 5.92 Å². The molecule has 0 unspecified atom stereocenters. The number of carbonyl (C=O) groups excluding carboxylic acids is 1. The second-order valence-corrected chi connectivity index (χ2v) is 5.12. The fourth-order valence-electron chi connectivity index (χ4n) is 1.94. The van der Waals surface area contributed by atoms with Crippen LogP contribution in [-0.2, 0) is 0 Å². The van der Waals surface area contributed by atoms with Gasteiger partial charge in [0.2, 0.25) is 0 Å². The van der Waals surface area contributed by atoms with Gasteiger partial charge in [0.05, 0.1) is 5.56 Å². The summed E-state index contributed by atoms with van der Waals surface area (Å²) in [5, 5.41) is 11.8. The molecule has 0 saturated carbocycles. The monoisotopic (exact) mass is 313 g/mol. The summed E-state index contributed by atoms with van der Waals surface area (Å²) in [4.78, 5) is 12.0. The highest BCUT2D eigenvalue weighted by Crippen LogP contribution is 2.20. The summed E-state index contributed by atoms with van der Waals surface area (Å²) in [6.07, 6.45) is 4.46. The van der Waals surface area contributed by atoms with Crippen LogP contribution in [0.15, 0.2) is 34.8 Å². The van der Waals surface area contributed by atoms with E-state index in [2.05, 4.69) is 21.2 Å². The largest absolute Gasteiger partial charge is 0.396 e. The molecule has 3 nitrogen and oxygen atoms in total. The SMILES string of the molecule is O=C(N[C@@H]1C=C[C@H](CO)C1)c1ccc(F)cc1Br. The maximum absolute atomic E-state index is 12.9. The molecular formula is C13H13BrFNO2. The fraction of sp³-hybridized carbons (Fsp3) is 0.308. The van der Waals surface area contributed by atoms with Crippen LogP contribution in [0, 0.1) is 11.7 Å². The topological polar surface area (TPSA) is 49.3 Å². The Kier molecular flexibility index (Phi) is 4.14. The zero-order valence-electron chi connectivity index (χ0n) is 9.57. The second-order valence-electron chi connectivity index (χ2n) is 4.27. The normalized spacial score (nSPS) is 22.2. The van der Waals surface area contributed by atoms with Gasteiger partial charge >= 0.3 is 0 Å². The minimum Gasteiger partial charge on any atom is -0.396 e. The van der Waals surface area contributed by atoms with E-state index in [1.807, 2.05) is 12.2 Å². The van der Waals surface area contributed by atoms with E-state index in [1.54, 1.807) is 0 Å². The number of hydrogen-bond donors (Lipinski definition) is 2. The Morgan fingerprint density at radius 1 is 1.50 bits per heavy atom. The van der Waals surface area contributed by atoms with E-state index in [0.717, 1.165) is 0 Å². The van der Waals surface area contributed by atoms with Crippen LogP contribution in [0.5, 0.6) is 0 Å². The molecular weight excluding hydrogens is 301 g/mol. The third-order valence-electron chi connectivity index (χ3n) is 2.90.